The van der Waals surface area contributed by atoms with E-state index < -0.39 is 0 Å². The van der Waals surface area contributed by atoms with Crippen molar-refractivity contribution >= 4 is 63.7 Å². The summed E-state index contributed by atoms with van der Waals surface area (Å²) in [5, 5.41) is 0. The molecule has 0 saturated heterocycles. The van der Waals surface area contributed by atoms with E-state index in [-0.39, 0.29) is 3.23 Å². The Kier molecular flexibility index (Phi) is 1.80. The van der Waals surface area contributed by atoms with E-state index in [0.717, 1.165) is 47.3 Å². The lowest BCUT2D eigenvalue weighted by molar-refractivity contribution is -0.209. The molecule has 0 bridgehead atoms. The lowest BCUT2D eigenvalue weighted by Crippen LogP contribution is -2.67. The number of fused-ring (bicyclic) bond motifs is 5. The van der Waals surface area contributed by atoms with Gasteiger partial charge in [-0.2, -0.15) is 0 Å². The Hall–Kier alpha value is 1.92. The Morgan fingerprint density at radius 2 is 1.19 bits per heavy atom. The summed E-state index contributed by atoms with van der Waals surface area (Å²) >= 11 is 15.6. The number of halogens is 4. The quantitative estimate of drug-likeness (QED) is 0.444. The monoisotopic (exact) mass is 472 g/mol. The summed E-state index contributed by atoms with van der Waals surface area (Å²) in [4.78, 5) is 0. The highest BCUT2D eigenvalue weighted by molar-refractivity contribution is 9.25. The van der Waals surface area contributed by atoms with E-state index in [0.29, 0.717) is 3.23 Å². The molecule has 0 nitrogen and oxygen atoms in total. The molecular formula is C12H12Br4. The van der Waals surface area contributed by atoms with Crippen molar-refractivity contribution in [2.45, 2.75) is 19.3 Å². The lowest BCUT2D eigenvalue weighted by atomic mass is 9.36. The van der Waals surface area contributed by atoms with Crippen LogP contribution in [0, 0.1) is 47.3 Å². The maximum Gasteiger partial charge on any atom is 0.0874 e. The molecule has 0 aliphatic heterocycles. The zero-order valence-electron chi connectivity index (χ0n) is 8.54. The van der Waals surface area contributed by atoms with Crippen LogP contribution in [0.4, 0.5) is 0 Å². The summed E-state index contributed by atoms with van der Waals surface area (Å²) in [5.41, 5.74) is 0. The average Bonchev–Trinajstić information content (AvgIpc) is 2.58. The summed E-state index contributed by atoms with van der Waals surface area (Å²) in [6.45, 7) is 0. The predicted molar refractivity (Wildman–Crippen MR) is 78.3 cm³/mol. The van der Waals surface area contributed by atoms with E-state index in [4.69, 9.17) is 0 Å². The first-order valence-electron chi connectivity index (χ1n) is 6.19. The smallest absolute Gasteiger partial charge is 0.0727 e. The van der Waals surface area contributed by atoms with Crippen LogP contribution in [0.3, 0.4) is 0 Å². The van der Waals surface area contributed by atoms with Crippen molar-refractivity contribution in [3.05, 3.63) is 0 Å². The Morgan fingerprint density at radius 3 is 1.69 bits per heavy atom. The van der Waals surface area contributed by atoms with Crippen LogP contribution in [-0.2, 0) is 0 Å². The summed E-state index contributed by atoms with van der Waals surface area (Å²) in [7, 11) is 0. The first kappa shape index (κ1) is 10.7. The summed E-state index contributed by atoms with van der Waals surface area (Å²) in [6.07, 6.45) is 2.70. The maximum atomic E-state index is 3.93. The van der Waals surface area contributed by atoms with Gasteiger partial charge in [0.15, 0.2) is 0 Å². The van der Waals surface area contributed by atoms with Gasteiger partial charge in [-0.15, -0.1) is 0 Å². The highest BCUT2D eigenvalue weighted by Crippen LogP contribution is 2.90. The molecule has 5 aliphatic rings. The van der Waals surface area contributed by atoms with Gasteiger partial charge in [0.05, 0.1) is 6.47 Å². The minimum atomic E-state index is 0.270. The molecule has 0 amide bonds. The predicted octanol–water partition coefficient (Wildman–Crippen LogP) is 4.74. The van der Waals surface area contributed by atoms with E-state index in [1.807, 2.05) is 0 Å². The average molecular weight is 476 g/mol. The molecule has 0 spiro atoms. The van der Waals surface area contributed by atoms with Gasteiger partial charge in [-0.1, -0.05) is 63.7 Å². The van der Waals surface area contributed by atoms with Gasteiger partial charge in [-0.05, 0) is 60.2 Å². The molecule has 0 aromatic rings. The summed E-state index contributed by atoms with van der Waals surface area (Å²) in [6, 6.07) is 0. The lowest BCUT2D eigenvalue weighted by Gasteiger charge is -2.71. The third-order valence-electron chi connectivity index (χ3n) is 6.38. The third kappa shape index (κ3) is 0.924. The Balaban J connectivity index is 1.58. The highest BCUT2D eigenvalue weighted by Gasteiger charge is 2.87. The van der Waals surface area contributed by atoms with Crippen LogP contribution in [-0.4, -0.2) is 6.47 Å². The van der Waals surface area contributed by atoms with Crippen LogP contribution < -0.4 is 0 Å². The van der Waals surface area contributed by atoms with Crippen LogP contribution in [0.5, 0.6) is 0 Å². The van der Waals surface area contributed by atoms with Crippen molar-refractivity contribution < 1.29 is 0 Å². The zero-order chi connectivity index (χ0) is 11.0. The number of rotatable bonds is 0. The second-order valence-electron chi connectivity index (χ2n) is 6.63. The molecule has 16 heavy (non-hydrogen) atoms. The molecule has 0 heterocycles. The van der Waals surface area contributed by atoms with Gasteiger partial charge in [0.2, 0.25) is 0 Å². The van der Waals surface area contributed by atoms with Gasteiger partial charge < -0.3 is 0 Å². The van der Waals surface area contributed by atoms with Crippen molar-refractivity contribution in [2.24, 2.45) is 47.3 Å². The molecule has 6 atom stereocenters. The van der Waals surface area contributed by atoms with Gasteiger partial charge in [0.1, 0.15) is 0 Å². The molecule has 0 unspecified atom stereocenters. The second-order valence-corrected chi connectivity index (χ2v) is 14.4. The maximum absolute atomic E-state index is 3.93. The molecule has 0 aromatic heterocycles. The van der Waals surface area contributed by atoms with Crippen LogP contribution in [0.1, 0.15) is 12.8 Å². The topological polar surface area (TPSA) is 0 Å². The Morgan fingerprint density at radius 1 is 0.688 bits per heavy atom. The minimum absolute atomic E-state index is 0.270. The van der Waals surface area contributed by atoms with Gasteiger partial charge >= 0.3 is 0 Å². The first-order valence-corrected chi connectivity index (χ1v) is 9.36. The fraction of sp³-hybridized carbons (Fsp3) is 1.00. The van der Waals surface area contributed by atoms with E-state index in [2.05, 4.69) is 63.7 Å². The van der Waals surface area contributed by atoms with E-state index >= 15 is 0 Å². The summed E-state index contributed by atoms with van der Waals surface area (Å²) in [5.74, 6) is 8.21. The molecule has 5 aliphatic carbocycles. The van der Waals surface area contributed by atoms with Crippen molar-refractivity contribution in [2.75, 3.05) is 0 Å². The first-order chi connectivity index (χ1) is 7.43. The molecular weight excluding hydrogens is 464 g/mol. The normalized spacial score (nSPS) is 69.8. The van der Waals surface area contributed by atoms with Gasteiger partial charge in [-0.25, -0.2) is 0 Å². The third-order valence-corrected chi connectivity index (χ3v) is 9.79. The minimum Gasteiger partial charge on any atom is -0.0727 e. The van der Waals surface area contributed by atoms with Crippen molar-refractivity contribution in [3.8, 4) is 0 Å². The molecule has 5 rings (SSSR count). The van der Waals surface area contributed by atoms with Crippen LogP contribution >= 0.6 is 63.7 Å². The number of hydrogen-bond donors (Lipinski definition) is 0. The fourth-order valence-electron chi connectivity index (χ4n) is 6.15. The van der Waals surface area contributed by atoms with Crippen LogP contribution in [0.25, 0.3) is 0 Å². The van der Waals surface area contributed by atoms with Crippen LogP contribution in [0.15, 0.2) is 0 Å². The van der Waals surface area contributed by atoms with Gasteiger partial charge in [0, 0.05) is 0 Å². The number of alkyl halides is 4. The summed E-state index contributed by atoms with van der Waals surface area (Å²) < 4.78 is 0.609. The molecule has 0 radical (unpaired) electrons. The van der Waals surface area contributed by atoms with E-state index in [1.54, 1.807) is 0 Å². The van der Waals surface area contributed by atoms with E-state index in [9.17, 15) is 0 Å². The molecule has 0 N–H and O–H groups in total. The van der Waals surface area contributed by atoms with Gasteiger partial charge in [-0.3, -0.25) is 0 Å². The van der Waals surface area contributed by atoms with Crippen LogP contribution in [0.2, 0.25) is 0 Å². The molecule has 5 fully saturated rings. The molecule has 5 saturated carbocycles. The standard InChI is InChI=1S/C12H12Br4/c13-11(14)1-3-5-4(2-11)7-8(5)6(3)9-10(7)12(9,15)16/h3-10H,1-2H2/t3-,4-,5?,6-,7-,8?,9-,10-/m1/s1. The zero-order valence-corrected chi connectivity index (χ0v) is 14.9. The van der Waals surface area contributed by atoms with E-state index in [1.165, 1.54) is 12.8 Å². The molecule has 88 valence electrons. The second kappa shape index (κ2) is 2.69. The molecule has 0 aromatic carbocycles. The SMILES string of the molecule is BrC1(Br)C[C@@H]2C3C4[C@@H]2[C@@H]2[C@@H]([C@@H]4[C@@H]3C1)C2(Br)Br. The van der Waals surface area contributed by atoms with Crippen molar-refractivity contribution in [1.82, 2.24) is 0 Å². The van der Waals surface area contributed by atoms with Crippen molar-refractivity contribution in [1.29, 1.82) is 0 Å². The number of hydrogen-bond acceptors (Lipinski definition) is 0. The Labute approximate surface area is 129 Å². The fourth-order valence-corrected chi connectivity index (χ4v) is 9.74. The molecule has 4 heteroatoms. The Bertz CT molecular complexity index is 370. The van der Waals surface area contributed by atoms with Crippen molar-refractivity contribution in [3.63, 3.8) is 0 Å². The highest BCUT2D eigenvalue weighted by atomic mass is 79.9. The largest absolute Gasteiger partial charge is 0.0874 e. The van der Waals surface area contributed by atoms with Gasteiger partial charge in [0.25, 0.3) is 0 Å².